The van der Waals surface area contributed by atoms with Gasteiger partial charge in [0.2, 0.25) is 10.2 Å². The molecule has 0 aromatic heterocycles. The summed E-state index contributed by atoms with van der Waals surface area (Å²) in [5.41, 5.74) is 3.39. The first-order valence-electron chi connectivity index (χ1n) is 28.1. The summed E-state index contributed by atoms with van der Waals surface area (Å²) in [6.45, 7) is 1.45. The minimum absolute atomic E-state index is 0.00598. The van der Waals surface area contributed by atoms with Crippen molar-refractivity contribution in [2.24, 2.45) is 5.92 Å². The monoisotopic (exact) mass is 1260 g/mol. The van der Waals surface area contributed by atoms with Crippen LogP contribution in [-0.4, -0.2) is 297 Å². The topological polar surface area (TPSA) is 408 Å². The lowest BCUT2D eigenvalue weighted by molar-refractivity contribution is -0.360. The Morgan fingerprint density at radius 1 is 0.384 bits per heavy atom. The molecule has 4 aliphatic rings. The van der Waals surface area contributed by atoms with E-state index in [0.717, 1.165) is 11.1 Å². The van der Waals surface area contributed by atoms with Crippen LogP contribution < -0.4 is 0 Å². The average Bonchev–Trinajstić information content (AvgIpc) is 1.78. The Morgan fingerprint density at radius 3 is 1.22 bits per heavy atom. The van der Waals surface area contributed by atoms with Crippen molar-refractivity contribution in [3.8, 4) is 11.1 Å². The van der Waals surface area contributed by atoms with Crippen molar-refractivity contribution >= 4 is 33.8 Å². The van der Waals surface area contributed by atoms with Gasteiger partial charge in [0.25, 0.3) is 0 Å². The number of thioether (sulfide) groups is 2. The molecular weight excluding hydrogens is 1180 g/mol. The van der Waals surface area contributed by atoms with E-state index in [1.807, 2.05) is 72.8 Å². The quantitative estimate of drug-likeness (QED) is 0.0294. The first kappa shape index (κ1) is 71.8. The largest absolute Gasteiger partial charge is 0.394 e. The van der Waals surface area contributed by atoms with E-state index >= 15 is 0 Å². The summed E-state index contributed by atoms with van der Waals surface area (Å²) >= 11 is 2.36. The zero-order chi connectivity index (χ0) is 62.1. The number of hydrogen-bond donors (Lipinski definition) is 13. The molecule has 4 saturated heterocycles. The lowest BCUT2D eigenvalue weighted by atomic mass is 9.91. The Labute approximate surface area is 505 Å². The highest BCUT2D eigenvalue weighted by Crippen LogP contribution is 2.34. The highest BCUT2D eigenvalue weighted by atomic mass is 32.2. The Morgan fingerprint density at radius 2 is 0.744 bits per heavy atom. The zero-order valence-electron chi connectivity index (χ0n) is 47.3. The maximum Gasteiger partial charge on any atom is 0.219 e. The van der Waals surface area contributed by atoms with Crippen LogP contribution in [0.2, 0.25) is 0 Å². The van der Waals surface area contributed by atoms with Crippen LogP contribution in [0.4, 0.5) is 0 Å². The molecule has 0 amide bonds. The molecule has 0 saturated carbocycles. The lowest BCUT2D eigenvalue weighted by Crippen LogP contribution is -2.64. The Balaban J connectivity index is 0.000000278. The molecule has 4 heterocycles. The SMILES string of the molecule is CC1[C@H](OCCOCCOCCSC(=O)c2ccccc2)OC(CO)[C@H](O)[C@@H]1O[C@H]1OC(CO)[C@H](O)[C@H](O)C1O.O=C(SCCOCCOCCO[C@@H]1OC(CO)[C@H](O)[C@H](O[C@H]2OC(CO)[C@H](O)[C@H](O)C2O)C1O)c1ccc(-c2ccccc2)cc1. The number of aliphatic hydroxyl groups excluding tert-OH is 13. The molecule has 86 heavy (non-hydrogen) atoms. The standard InChI is InChI=1S/C31H42O14S.C26H40O13S/c32-16-21-23(34)25(36)26(37)31(44-21)45-28-24(35)22(17-33)43-30(27(28)38)42-13-12-40-10-11-41-14-15-46-29(39)20-8-6-19(7-9-20)18-4-2-1-3-5-18;1-15-23(39-26-22(32)21(31)19(29)17(13-27)38-26)20(30)18(14-28)37-25(15)36-10-9-34-7-8-35-11-12-40-24(33)16-5-3-2-4-6-16/h1-9,21-28,30-38H,10-17H2;2-6,15,17-23,25-32H,7-14H2,1H3/t21?,22?,23-,24-,25-,26?,27?,28-,30+,31+;15?,17?,18?,19-,20-,21-,22?,23+,25+,26+/m00/s1. The van der Waals surface area contributed by atoms with Crippen molar-refractivity contribution in [3.05, 3.63) is 96.1 Å². The number of rotatable bonds is 31. The Hall–Kier alpha value is -3.30. The van der Waals surface area contributed by atoms with Crippen LogP contribution in [0.25, 0.3) is 11.1 Å². The molecule has 20 atom stereocenters. The van der Waals surface area contributed by atoms with E-state index in [2.05, 4.69) is 0 Å². The molecule has 8 unspecified atom stereocenters. The van der Waals surface area contributed by atoms with E-state index in [-0.39, 0.29) is 49.9 Å². The van der Waals surface area contributed by atoms with Crippen LogP contribution in [0, 0.1) is 5.92 Å². The van der Waals surface area contributed by atoms with Gasteiger partial charge < -0.3 is 123 Å². The summed E-state index contributed by atoms with van der Waals surface area (Å²) in [4.78, 5) is 24.5. The van der Waals surface area contributed by atoms with E-state index in [9.17, 15) is 76.0 Å². The van der Waals surface area contributed by atoms with Gasteiger partial charge in [-0.2, -0.15) is 0 Å². The molecule has 29 heteroatoms. The molecule has 4 fully saturated rings. The maximum absolute atomic E-state index is 12.5. The summed E-state index contributed by atoms with van der Waals surface area (Å²) in [6, 6.07) is 26.4. The smallest absolute Gasteiger partial charge is 0.219 e. The number of aliphatic hydroxyl groups is 13. The van der Waals surface area contributed by atoms with Gasteiger partial charge >= 0.3 is 0 Å². The van der Waals surface area contributed by atoms with Gasteiger partial charge in [0.15, 0.2) is 25.2 Å². The summed E-state index contributed by atoms with van der Waals surface area (Å²) in [5, 5.41) is 131. The fourth-order valence-electron chi connectivity index (χ4n) is 9.27. The third-order valence-corrected chi connectivity index (χ3v) is 15.9. The molecule has 13 N–H and O–H groups in total. The van der Waals surface area contributed by atoms with E-state index < -0.39 is 149 Å². The van der Waals surface area contributed by atoms with Crippen LogP contribution in [0.5, 0.6) is 0 Å². The van der Waals surface area contributed by atoms with Crippen LogP contribution in [0.3, 0.4) is 0 Å². The predicted molar refractivity (Wildman–Crippen MR) is 303 cm³/mol. The second-order valence-corrected chi connectivity index (χ2v) is 22.3. The second kappa shape index (κ2) is 37.8. The van der Waals surface area contributed by atoms with Crippen molar-refractivity contribution in [2.75, 3.05) is 104 Å². The lowest BCUT2D eigenvalue weighted by Gasteiger charge is -2.46. The Bertz CT molecular complexity index is 2350. The minimum atomic E-state index is -1.76. The molecular formula is C57H82O27S2. The summed E-state index contributed by atoms with van der Waals surface area (Å²) in [5.74, 6) is 0.395. The first-order valence-corrected chi connectivity index (χ1v) is 30.1. The molecule has 3 aromatic rings. The van der Waals surface area contributed by atoms with Crippen molar-refractivity contribution in [1.29, 1.82) is 0 Å². The van der Waals surface area contributed by atoms with Crippen LogP contribution in [0.1, 0.15) is 27.6 Å². The van der Waals surface area contributed by atoms with E-state index in [4.69, 9.17) is 56.8 Å². The number of ether oxygens (including phenoxy) is 12. The number of benzene rings is 3. The van der Waals surface area contributed by atoms with Gasteiger partial charge in [-0.05, 0) is 23.3 Å². The van der Waals surface area contributed by atoms with E-state index in [1.54, 1.807) is 19.1 Å². The molecule has 27 nitrogen and oxygen atoms in total. The number of carbonyl (C=O) groups is 2. The highest BCUT2D eigenvalue weighted by Gasteiger charge is 2.52. The second-order valence-electron chi connectivity index (χ2n) is 20.2. The van der Waals surface area contributed by atoms with Crippen molar-refractivity contribution in [1.82, 2.24) is 0 Å². The predicted octanol–water partition coefficient (Wildman–Crippen LogP) is -2.59. The van der Waals surface area contributed by atoms with Gasteiger partial charge in [-0.3, -0.25) is 9.59 Å². The van der Waals surface area contributed by atoms with Gasteiger partial charge in [-0.15, -0.1) is 0 Å². The molecule has 0 radical (unpaired) electrons. The molecule has 0 aliphatic carbocycles. The van der Waals surface area contributed by atoms with Gasteiger partial charge in [0.1, 0.15) is 85.5 Å². The van der Waals surface area contributed by atoms with Crippen LogP contribution in [-0.2, 0) is 56.8 Å². The van der Waals surface area contributed by atoms with Crippen molar-refractivity contribution < 1.29 is 133 Å². The molecule has 3 aromatic carbocycles. The summed E-state index contributed by atoms with van der Waals surface area (Å²) in [7, 11) is 0. The van der Waals surface area contributed by atoms with Gasteiger partial charge in [-0.25, -0.2) is 0 Å². The highest BCUT2D eigenvalue weighted by molar-refractivity contribution is 8.14. The van der Waals surface area contributed by atoms with E-state index in [0.29, 0.717) is 49.1 Å². The summed E-state index contributed by atoms with van der Waals surface area (Å²) < 4.78 is 66.4. The minimum Gasteiger partial charge on any atom is -0.394 e. The van der Waals surface area contributed by atoms with Gasteiger partial charge in [0.05, 0.1) is 98.6 Å². The molecule has 484 valence electrons. The third-order valence-electron chi connectivity index (χ3n) is 14.2. The molecule has 4 aliphatic heterocycles. The van der Waals surface area contributed by atoms with Crippen LogP contribution >= 0.6 is 23.5 Å². The first-order chi connectivity index (χ1) is 41.5. The van der Waals surface area contributed by atoms with E-state index in [1.165, 1.54) is 23.5 Å². The maximum atomic E-state index is 12.5. The van der Waals surface area contributed by atoms with Gasteiger partial charge in [-0.1, -0.05) is 103 Å². The third kappa shape index (κ3) is 20.9. The normalized spacial score (nSPS) is 33.0. The van der Waals surface area contributed by atoms with Crippen molar-refractivity contribution in [3.63, 3.8) is 0 Å². The van der Waals surface area contributed by atoms with Crippen LogP contribution in [0.15, 0.2) is 84.9 Å². The van der Waals surface area contributed by atoms with Crippen molar-refractivity contribution in [2.45, 2.75) is 124 Å². The molecule has 0 spiro atoms. The number of hydrogen-bond acceptors (Lipinski definition) is 29. The fourth-order valence-corrected chi connectivity index (χ4v) is 10.6. The Kier molecular flexibility index (Phi) is 31.5. The molecule has 0 bridgehead atoms. The van der Waals surface area contributed by atoms with Gasteiger partial charge in [0, 0.05) is 28.6 Å². The summed E-state index contributed by atoms with van der Waals surface area (Å²) in [6.07, 6.45) is -27.1. The average molecular weight is 1260 g/mol. The fraction of sp³-hybridized carbons (Fsp3) is 0.649. The zero-order valence-corrected chi connectivity index (χ0v) is 48.9. The molecule has 7 rings (SSSR count). The number of carbonyl (C=O) groups excluding carboxylic acids is 2.